The summed E-state index contributed by atoms with van der Waals surface area (Å²) in [5.74, 6) is 0. The summed E-state index contributed by atoms with van der Waals surface area (Å²) in [6.07, 6.45) is 0.747. The fourth-order valence-electron chi connectivity index (χ4n) is 2.15. The highest BCUT2D eigenvalue weighted by atomic mass is 32.2. The van der Waals surface area contributed by atoms with Gasteiger partial charge < -0.3 is 4.74 Å². The van der Waals surface area contributed by atoms with Crippen LogP contribution in [0.15, 0.2) is 29.2 Å². The van der Waals surface area contributed by atoms with Crippen LogP contribution in [-0.2, 0) is 14.8 Å². The average Bonchev–Trinajstić information content (AvgIpc) is 2.53. The van der Waals surface area contributed by atoms with Gasteiger partial charge in [0.25, 0.3) is 0 Å². The van der Waals surface area contributed by atoms with E-state index in [0.29, 0.717) is 12.1 Å². The molecule has 0 bridgehead atoms. The lowest BCUT2D eigenvalue weighted by Gasteiger charge is -2.26. The van der Waals surface area contributed by atoms with Gasteiger partial charge in [-0.05, 0) is 31.2 Å². The molecule has 1 fully saturated rings. The molecule has 0 spiro atoms. The van der Waals surface area contributed by atoms with E-state index in [1.807, 2.05) is 6.07 Å². The molecule has 1 heterocycles. The molecule has 1 aliphatic heterocycles. The Labute approximate surface area is 125 Å². The molecule has 6 nitrogen and oxygen atoms in total. The lowest BCUT2D eigenvalue weighted by Crippen LogP contribution is -2.38. The van der Waals surface area contributed by atoms with Crippen molar-refractivity contribution in [3.63, 3.8) is 0 Å². The number of morpholine rings is 1. The lowest BCUT2D eigenvalue weighted by molar-refractivity contribution is 0.0376. The first-order chi connectivity index (χ1) is 10.1. The molecular formula is C14H19N3O3S. The summed E-state index contributed by atoms with van der Waals surface area (Å²) in [6, 6.07) is 7.96. The van der Waals surface area contributed by atoms with Gasteiger partial charge >= 0.3 is 0 Å². The quantitative estimate of drug-likeness (QED) is 0.776. The van der Waals surface area contributed by atoms with E-state index < -0.39 is 10.0 Å². The molecule has 21 heavy (non-hydrogen) atoms. The van der Waals surface area contributed by atoms with Crippen molar-refractivity contribution in [3.8, 4) is 6.07 Å². The van der Waals surface area contributed by atoms with Gasteiger partial charge in [0.1, 0.15) is 0 Å². The Hall–Kier alpha value is -1.46. The van der Waals surface area contributed by atoms with Gasteiger partial charge in [0.05, 0.1) is 29.7 Å². The number of ether oxygens (including phenoxy) is 1. The molecule has 1 aromatic carbocycles. The zero-order chi connectivity index (χ0) is 15.1. The van der Waals surface area contributed by atoms with Crippen molar-refractivity contribution in [2.45, 2.75) is 11.3 Å². The molecule has 0 saturated carbocycles. The zero-order valence-electron chi connectivity index (χ0n) is 11.8. The van der Waals surface area contributed by atoms with E-state index in [0.717, 1.165) is 39.3 Å². The van der Waals surface area contributed by atoms with Crippen molar-refractivity contribution < 1.29 is 13.2 Å². The zero-order valence-corrected chi connectivity index (χ0v) is 12.6. The van der Waals surface area contributed by atoms with Gasteiger partial charge in [-0.15, -0.1) is 0 Å². The Morgan fingerprint density at radius 3 is 2.81 bits per heavy atom. The van der Waals surface area contributed by atoms with Crippen LogP contribution in [0.3, 0.4) is 0 Å². The molecule has 0 aliphatic carbocycles. The summed E-state index contributed by atoms with van der Waals surface area (Å²) in [6.45, 7) is 4.52. The van der Waals surface area contributed by atoms with Crippen molar-refractivity contribution in [1.82, 2.24) is 9.62 Å². The first kappa shape index (κ1) is 15.9. The number of hydrogen-bond donors (Lipinski definition) is 1. The fourth-order valence-corrected chi connectivity index (χ4v) is 3.27. The van der Waals surface area contributed by atoms with E-state index in [1.165, 1.54) is 12.1 Å². The van der Waals surface area contributed by atoms with Crippen LogP contribution in [0, 0.1) is 11.3 Å². The topological polar surface area (TPSA) is 82.4 Å². The third kappa shape index (κ3) is 4.79. The maximum absolute atomic E-state index is 12.1. The largest absolute Gasteiger partial charge is 0.379 e. The standard InChI is InChI=1S/C14H19N3O3S/c15-12-13-3-1-4-14(11-13)21(18,19)16-5-2-6-17-7-9-20-10-8-17/h1,3-4,11,16H,2,5-10H2. The monoisotopic (exact) mass is 309 g/mol. The van der Waals surface area contributed by atoms with Crippen LogP contribution in [0.1, 0.15) is 12.0 Å². The van der Waals surface area contributed by atoms with Crippen LogP contribution in [0.25, 0.3) is 0 Å². The SMILES string of the molecule is N#Cc1cccc(S(=O)(=O)NCCCN2CCOCC2)c1. The van der Waals surface area contributed by atoms with E-state index in [-0.39, 0.29) is 4.90 Å². The van der Waals surface area contributed by atoms with Crippen molar-refractivity contribution >= 4 is 10.0 Å². The summed E-state index contributed by atoms with van der Waals surface area (Å²) >= 11 is 0. The Kier molecular flexibility index (Phi) is 5.70. The second-order valence-electron chi connectivity index (χ2n) is 4.84. The van der Waals surface area contributed by atoms with Crippen LogP contribution in [0.4, 0.5) is 0 Å². The highest BCUT2D eigenvalue weighted by Gasteiger charge is 2.14. The predicted octanol–water partition coefficient (Wildman–Crippen LogP) is 0.559. The van der Waals surface area contributed by atoms with Crippen molar-refractivity contribution in [2.75, 3.05) is 39.4 Å². The lowest BCUT2D eigenvalue weighted by atomic mass is 10.2. The number of benzene rings is 1. The first-order valence-electron chi connectivity index (χ1n) is 6.92. The van der Waals surface area contributed by atoms with Crippen molar-refractivity contribution in [2.24, 2.45) is 0 Å². The van der Waals surface area contributed by atoms with Gasteiger partial charge in [-0.2, -0.15) is 5.26 Å². The smallest absolute Gasteiger partial charge is 0.240 e. The Morgan fingerprint density at radius 1 is 1.33 bits per heavy atom. The summed E-state index contributed by atoms with van der Waals surface area (Å²) in [4.78, 5) is 2.39. The maximum atomic E-state index is 12.1. The Bertz CT molecular complexity index is 604. The van der Waals surface area contributed by atoms with E-state index >= 15 is 0 Å². The summed E-state index contributed by atoms with van der Waals surface area (Å²) in [5, 5.41) is 8.81. The molecule has 1 N–H and O–H groups in total. The van der Waals surface area contributed by atoms with Crippen molar-refractivity contribution in [3.05, 3.63) is 29.8 Å². The highest BCUT2D eigenvalue weighted by Crippen LogP contribution is 2.10. The third-order valence-electron chi connectivity index (χ3n) is 3.32. The number of sulfonamides is 1. The molecule has 2 rings (SSSR count). The van der Waals surface area contributed by atoms with Gasteiger partial charge in [0.2, 0.25) is 10.0 Å². The van der Waals surface area contributed by atoms with Crippen LogP contribution in [-0.4, -0.2) is 52.7 Å². The number of nitrogens with one attached hydrogen (secondary N) is 1. The fraction of sp³-hybridized carbons (Fsp3) is 0.500. The summed E-state index contributed by atoms with van der Waals surface area (Å²) in [5.41, 5.74) is 0.339. The Balaban J connectivity index is 1.82. The van der Waals surface area contributed by atoms with E-state index in [1.54, 1.807) is 12.1 Å². The molecule has 0 radical (unpaired) electrons. The van der Waals surface area contributed by atoms with Crippen LogP contribution < -0.4 is 4.72 Å². The molecule has 0 amide bonds. The molecular weight excluding hydrogens is 290 g/mol. The maximum Gasteiger partial charge on any atom is 0.240 e. The molecule has 0 atom stereocenters. The molecule has 1 saturated heterocycles. The number of nitrogens with zero attached hydrogens (tertiary/aromatic N) is 2. The third-order valence-corrected chi connectivity index (χ3v) is 4.78. The second-order valence-corrected chi connectivity index (χ2v) is 6.61. The molecule has 0 aromatic heterocycles. The minimum atomic E-state index is -3.54. The number of rotatable bonds is 6. The van der Waals surface area contributed by atoms with E-state index in [9.17, 15) is 8.42 Å². The predicted molar refractivity (Wildman–Crippen MR) is 78.2 cm³/mol. The second kappa shape index (κ2) is 7.52. The number of hydrogen-bond acceptors (Lipinski definition) is 5. The molecule has 114 valence electrons. The van der Waals surface area contributed by atoms with Gasteiger partial charge in [0, 0.05) is 19.6 Å². The van der Waals surface area contributed by atoms with E-state index in [2.05, 4.69) is 9.62 Å². The van der Waals surface area contributed by atoms with Crippen LogP contribution in [0.2, 0.25) is 0 Å². The first-order valence-corrected chi connectivity index (χ1v) is 8.40. The summed E-state index contributed by atoms with van der Waals surface area (Å²) < 4.78 is 32.0. The summed E-state index contributed by atoms with van der Waals surface area (Å²) in [7, 11) is -3.54. The van der Waals surface area contributed by atoms with Crippen molar-refractivity contribution in [1.29, 1.82) is 5.26 Å². The van der Waals surface area contributed by atoms with Gasteiger partial charge in [-0.3, -0.25) is 4.90 Å². The average molecular weight is 309 g/mol. The van der Waals surface area contributed by atoms with Gasteiger partial charge in [-0.1, -0.05) is 6.07 Å². The van der Waals surface area contributed by atoms with E-state index in [4.69, 9.17) is 10.00 Å². The van der Waals surface area contributed by atoms with Crippen LogP contribution in [0.5, 0.6) is 0 Å². The van der Waals surface area contributed by atoms with Crippen LogP contribution >= 0.6 is 0 Å². The normalized spacial score (nSPS) is 16.5. The molecule has 7 heteroatoms. The molecule has 0 unspecified atom stereocenters. The minimum absolute atomic E-state index is 0.132. The molecule has 1 aromatic rings. The van der Waals surface area contributed by atoms with Gasteiger partial charge in [-0.25, -0.2) is 13.1 Å². The number of nitriles is 1. The minimum Gasteiger partial charge on any atom is -0.379 e. The highest BCUT2D eigenvalue weighted by molar-refractivity contribution is 7.89. The molecule has 1 aliphatic rings. The Morgan fingerprint density at radius 2 is 2.10 bits per heavy atom. The van der Waals surface area contributed by atoms with Gasteiger partial charge in [0.15, 0.2) is 0 Å².